The molecule has 0 N–H and O–H groups in total. The van der Waals surface area contributed by atoms with Crippen molar-refractivity contribution in [2.45, 2.75) is 140 Å². The quantitative estimate of drug-likeness (QED) is 0.296. The molecule has 1 aromatic rings. The number of hydrogen-bond acceptors (Lipinski definition) is 6. The van der Waals surface area contributed by atoms with Gasteiger partial charge in [-0.2, -0.15) is 0 Å². The lowest BCUT2D eigenvalue weighted by atomic mass is 9.84. The van der Waals surface area contributed by atoms with Gasteiger partial charge in [0.25, 0.3) is 0 Å². The van der Waals surface area contributed by atoms with Gasteiger partial charge in [-0.3, -0.25) is 0 Å². The van der Waals surface area contributed by atoms with E-state index in [2.05, 4.69) is 23.9 Å². The number of carbonyl (C=O) groups excluding carboxylic acids is 2. The van der Waals surface area contributed by atoms with E-state index in [0.717, 1.165) is 49.6 Å². The summed E-state index contributed by atoms with van der Waals surface area (Å²) in [5, 5.41) is 0. The number of benzene rings is 1. The average Bonchev–Trinajstić information content (AvgIpc) is 3.46. The predicted molar refractivity (Wildman–Crippen MR) is 158 cm³/mol. The molecule has 40 heavy (non-hydrogen) atoms. The SMILES string of the molecule is CC(CCC1CC2CCCCC2N1C)OC(=O)c1ccc(C(=O)OC(C)CCC2CC3CCCCC3N2C)cc1. The normalized spacial score (nSPS) is 32.2. The van der Waals surface area contributed by atoms with Crippen LogP contribution in [-0.2, 0) is 9.47 Å². The van der Waals surface area contributed by atoms with Gasteiger partial charge in [0.15, 0.2) is 0 Å². The number of fused-ring (bicyclic) bond motifs is 2. The standard InChI is InChI=1S/C34H52N2O4/c1-23(13-19-29-21-27-9-5-7-11-31(27)35(29)3)39-33(37)25-15-17-26(18-16-25)34(38)40-24(2)14-20-30-22-28-10-6-8-12-32(28)36(30)4/h15-18,23-24,27-32H,5-14,19-22H2,1-4H3. The van der Waals surface area contributed by atoms with Gasteiger partial charge < -0.3 is 19.3 Å². The Balaban J connectivity index is 1.02. The summed E-state index contributed by atoms with van der Waals surface area (Å²) in [6, 6.07) is 9.44. The van der Waals surface area contributed by atoms with Crippen LogP contribution in [0, 0.1) is 11.8 Å². The summed E-state index contributed by atoms with van der Waals surface area (Å²) >= 11 is 0. The Morgan fingerprint density at radius 1 is 0.700 bits per heavy atom. The van der Waals surface area contributed by atoms with Gasteiger partial charge in [-0.15, -0.1) is 0 Å². The zero-order chi connectivity index (χ0) is 28.2. The Morgan fingerprint density at radius 2 is 1.07 bits per heavy atom. The second kappa shape index (κ2) is 13.4. The fourth-order valence-electron chi connectivity index (χ4n) is 8.43. The van der Waals surface area contributed by atoms with E-state index in [4.69, 9.17) is 9.47 Å². The molecule has 222 valence electrons. The molecule has 2 saturated carbocycles. The first-order chi connectivity index (χ1) is 19.3. The highest BCUT2D eigenvalue weighted by atomic mass is 16.5. The fraction of sp³-hybridized carbons (Fsp3) is 0.765. The molecule has 5 rings (SSSR count). The molecule has 6 heteroatoms. The van der Waals surface area contributed by atoms with Gasteiger partial charge in [0.05, 0.1) is 23.3 Å². The van der Waals surface area contributed by atoms with Crippen LogP contribution in [0.3, 0.4) is 0 Å². The van der Waals surface area contributed by atoms with Crippen LogP contribution in [0.4, 0.5) is 0 Å². The summed E-state index contributed by atoms with van der Waals surface area (Å²) in [6.07, 6.45) is 17.1. The first-order valence-electron chi connectivity index (χ1n) is 16.3. The number of rotatable bonds is 10. The van der Waals surface area contributed by atoms with Crippen LogP contribution < -0.4 is 0 Å². The number of esters is 2. The molecule has 8 atom stereocenters. The highest BCUT2D eigenvalue weighted by Crippen LogP contribution is 2.41. The Morgan fingerprint density at radius 3 is 1.45 bits per heavy atom. The molecule has 4 fully saturated rings. The molecule has 2 aliphatic heterocycles. The van der Waals surface area contributed by atoms with Crippen molar-refractivity contribution in [2.24, 2.45) is 11.8 Å². The molecule has 0 spiro atoms. The number of carbonyl (C=O) groups is 2. The van der Waals surface area contributed by atoms with Crippen molar-refractivity contribution < 1.29 is 19.1 Å². The van der Waals surface area contributed by atoms with Gasteiger partial charge in [-0.25, -0.2) is 9.59 Å². The predicted octanol–water partition coefficient (Wildman–Crippen LogP) is 6.86. The van der Waals surface area contributed by atoms with Gasteiger partial charge in [-0.05, 0) is 128 Å². The Bertz CT molecular complexity index is 917. The third-order valence-corrected chi connectivity index (χ3v) is 10.9. The number of ether oxygens (including phenoxy) is 2. The van der Waals surface area contributed by atoms with Gasteiger partial charge in [-0.1, -0.05) is 25.7 Å². The van der Waals surface area contributed by atoms with Crippen LogP contribution in [0.15, 0.2) is 24.3 Å². The summed E-state index contributed by atoms with van der Waals surface area (Å²) < 4.78 is 11.5. The van der Waals surface area contributed by atoms with Crippen molar-refractivity contribution in [3.05, 3.63) is 35.4 Å². The van der Waals surface area contributed by atoms with E-state index in [1.165, 1.54) is 64.2 Å². The van der Waals surface area contributed by atoms with Crippen molar-refractivity contribution >= 4 is 11.9 Å². The second-order valence-electron chi connectivity index (χ2n) is 13.5. The van der Waals surface area contributed by atoms with E-state index in [-0.39, 0.29) is 24.1 Å². The zero-order valence-corrected chi connectivity index (χ0v) is 25.4. The average molecular weight is 553 g/mol. The van der Waals surface area contributed by atoms with E-state index < -0.39 is 0 Å². The molecule has 8 unspecified atom stereocenters. The lowest BCUT2D eigenvalue weighted by Gasteiger charge is -2.31. The second-order valence-corrected chi connectivity index (χ2v) is 13.5. The molecule has 6 nitrogen and oxygen atoms in total. The van der Waals surface area contributed by atoms with E-state index in [0.29, 0.717) is 23.2 Å². The number of nitrogens with zero attached hydrogens (tertiary/aromatic N) is 2. The molecule has 0 amide bonds. The molecule has 0 aromatic heterocycles. The summed E-state index contributed by atoms with van der Waals surface area (Å²) in [5.41, 5.74) is 0.956. The maximum absolute atomic E-state index is 12.8. The fourth-order valence-corrected chi connectivity index (χ4v) is 8.43. The van der Waals surface area contributed by atoms with Gasteiger partial charge in [0.2, 0.25) is 0 Å². The van der Waals surface area contributed by atoms with Crippen LogP contribution in [-0.4, -0.2) is 72.2 Å². The van der Waals surface area contributed by atoms with E-state index >= 15 is 0 Å². The third-order valence-electron chi connectivity index (χ3n) is 10.9. The van der Waals surface area contributed by atoms with E-state index in [9.17, 15) is 9.59 Å². The molecule has 1 aromatic carbocycles. The van der Waals surface area contributed by atoms with Crippen LogP contribution in [0.1, 0.15) is 124 Å². The molecule has 2 saturated heterocycles. The third kappa shape index (κ3) is 6.92. The van der Waals surface area contributed by atoms with Gasteiger partial charge in [0.1, 0.15) is 0 Å². The highest BCUT2D eigenvalue weighted by Gasteiger charge is 2.40. The summed E-state index contributed by atoms with van der Waals surface area (Å²) in [4.78, 5) is 30.7. The number of likely N-dealkylation sites (tertiary alicyclic amines) is 2. The maximum Gasteiger partial charge on any atom is 0.338 e. The molecular formula is C34H52N2O4. The minimum Gasteiger partial charge on any atom is -0.459 e. The largest absolute Gasteiger partial charge is 0.459 e. The molecule has 2 heterocycles. The molecule has 2 aliphatic carbocycles. The Hall–Kier alpha value is -1.92. The highest BCUT2D eigenvalue weighted by molar-refractivity contribution is 5.93. The van der Waals surface area contributed by atoms with E-state index in [1.807, 2.05) is 13.8 Å². The molecule has 4 aliphatic rings. The van der Waals surface area contributed by atoms with Crippen molar-refractivity contribution in [2.75, 3.05) is 14.1 Å². The van der Waals surface area contributed by atoms with E-state index in [1.54, 1.807) is 24.3 Å². The van der Waals surface area contributed by atoms with Crippen LogP contribution >= 0.6 is 0 Å². The summed E-state index contributed by atoms with van der Waals surface area (Å²) in [5.74, 6) is 1.06. The van der Waals surface area contributed by atoms with Crippen molar-refractivity contribution in [1.29, 1.82) is 0 Å². The molecule has 0 radical (unpaired) electrons. The van der Waals surface area contributed by atoms with Gasteiger partial charge >= 0.3 is 11.9 Å². The first kappa shape index (κ1) is 29.6. The monoisotopic (exact) mass is 552 g/mol. The summed E-state index contributed by atoms with van der Waals surface area (Å²) in [7, 11) is 4.56. The first-order valence-corrected chi connectivity index (χ1v) is 16.3. The lowest BCUT2D eigenvalue weighted by molar-refractivity contribution is 0.0290. The Kier molecular flexibility index (Phi) is 9.89. The van der Waals surface area contributed by atoms with Crippen LogP contribution in [0.2, 0.25) is 0 Å². The smallest absolute Gasteiger partial charge is 0.338 e. The Labute approximate surface area is 242 Å². The van der Waals surface area contributed by atoms with Crippen molar-refractivity contribution in [3.63, 3.8) is 0 Å². The lowest BCUT2D eigenvalue weighted by Crippen LogP contribution is -2.35. The van der Waals surface area contributed by atoms with Crippen molar-refractivity contribution in [3.8, 4) is 0 Å². The van der Waals surface area contributed by atoms with Crippen LogP contribution in [0.5, 0.6) is 0 Å². The topological polar surface area (TPSA) is 59.1 Å². The molecule has 0 bridgehead atoms. The van der Waals surface area contributed by atoms with Crippen LogP contribution in [0.25, 0.3) is 0 Å². The minimum absolute atomic E-state index is 0.128. The van der Waals surface area contributed by atoms with Gasteiger partial charge in [0, 0.05) is 24.2 Å². The number of hydrogen-bond donors (Lipinski definition) is 0. The summed E-state index contributed by atoms with van der Waals surface area (Å²) in [6.45, 7) is 3.98. The minimum atomic E-state index is -0.324. The molecular weight excluding hydrogens is 500 g/mol. The van der Waals surface area contributed by atoms with Crippen molar-refractivity contribution in [1.82, 2.24) is 9.80 Å². The zero-order valence-electron chi connectivity index (χ0n) is 25.4. The maximum atomic E-state index is 12.8.